The fourth-order valence-corrected chi connectivity index (χ4v) is 1.77. The molecule has 6 heteroatoms. The van der Waals surface area contributed by atoms with Gasteiger partial charge in [0.25, 0.3) is 5.69 Å². The quantitative estimate of drug-likeness (QED) is 0.685. The highest BCUT2D eigenvalue weighted by Gasteiger charge is 2.13. The Balaban J connectivity index is 2.15. The topological polar surface area (TPSA) is 68.1 Å². The maximum Gasteiger partial charge on any atom is 0.293 e. The number of anilines is 1. The average Bonchev–Trinajstić information content (AvgIpc) is 2.39. The normalized spacial score (nSPS) is 10.2. The van der Waals surface area contributed by atoms with Crippen LogP contribution in [0.3, 0.4) is 0 Å². The second-order valence-electron chi connectivity index (χ2n) is 4.08. The Bertz CT molecular complexity index is 599. The number of aryl methyl sites for hydroxylation is 1. The maximum absolute atomic E-state index is 10.9. The van der Waals surface area contributed by atoms with Crippen molar-refractivity contribution in [2.75, 3.05) is 5.32 Å². The number of hydrogen-bond acceptors (Lipinski definition) is 4. The van der Waals surface area contributed by atoms with Gasteiger partial charge in [-0.1, -0.05) is 17.7 Å². The molecule has 0 aliphatic rings. The van der Waals surface area contributed by atoms with Gasteiger partial charge in [0.1, 0.15) is 5.69 Å². The van der Waals surface area contributed by atoms with Crippen molar-refractivity contribution >= 4 is 23.0 Å². The van der Waals surface area contributed by atoms with Crippen LogP contribution >= 0.6 is 11.6 Å². The average molecular weight is 278 g/mol. The van der Waals surface area contributed by atoms with Crippen LogP contribution in [0.1, 0.15) is 11.3 Å². The summed E-state index contributed by atoms with van der Waals surface area (Å²) in [6.45, 7) is 2.37. The summed E-state index contributed by atoms with van der Waals surface area (Å²) in [6.07, 6.45) is 1.74. The number of pyridine rings is 1. The summed E-state index contributed by atoms with van der Waals surface area (Å²) in [5.41, 5.74) is 2.29. The lowest BCUT2D eigenvalue weighted by Gasteiger charge is -2.07. The zero-order chi connectivity index (χ0) is 13.8. The van der Waals surface area contributed by atoms with Gasteiger partial charge in [-0.25, -0.2) is 0 Å². The molecule has 1 heterocycles. The number of rotatable bonds is 4. The highest BCUT2D eigenvalue weighted by Crippen LogP contribution is 2.28. The molecule has 0 spiro atoms. The van der Waals surface area contributed by atoms with Crippen LogP contribution in [0.2, 0.25) is 5.02 Å². The smallest absolute Gasteiger partial charge is 0.293 e. The monoisotopic (exact) mass is 277 g/mol. The van der Waals surface area contributed by atoms with Gasteiger partial charge in [-0.05, 0) is 30.7 Å². The molecule has 5 nitrogen and oxygen atoms in total. The molecular weight excluding hydrogens is 266 g/mol. The second kappa shape index (κ2) is 5.67. The van der Waals surface area contributed by atoms with Crippen molar-refractivity contribution in [3.05, 3.63) is 62.9 Å². The molecule has 0 unspecified atom stereocenters. The number of halogens is 1. The van der Waals surface area contributed by atoms with Gasteiger partial charge in [0, 0.05) is 29.5 Å². The molecule has 0 radical (unpaired) electrons. The molecule has 98 valence electrons. The number of aromatic nitrogens is 1. The van der Waals surface area contributed by atoms with Gasteiger partial charge in [-0.15, -0.1) is 0 Å². The summed E-state index contributed by atoms with van der Waals surface area (Å²) in [6, 6.07) is 8.37. The first-order chi connectivity index (χ1) is 9.06. The minimum Gasteiger partial charge on any atom is -0.375 e. The van der Waals surface area contributed by atoms with E-state index in [2.05, 4.69) is 10.3 Å². The Morgan fingerprint density at radius 3 is 2.79 bits per heavy atom. The number of nitro benzene ring substituents is 1. The SMILES string of the molecule is Cc1ccc(CNc2ccc(Cl)cc2[N+](=O)[O-])cn1. The van der Waals surface area contributed by atoms with Crippen molar-refractivity contribution in [3.8, 4) is 0 Å². The molecule has 0 saturated carbocycles. The van der Waals surface area contributed by atoms with Crippen LogP contribution in [0.15, 0.2) is 36.5 Å². The summed E-state index contributed by atoms with van der Waals surface area (Å²) in [5, 5.41) is 14.3. The Hall–Kier alpha value is -2.14. The van der Waals surface area contributed by atoms with E-state index >= 15 is 0 Å². The Labute approximate surface area is 115 Å². The molecule has 0 fully saturated rings. The Morgan fingerprint density at radius 1 is 1.37 bits per heavy atom. The first-order valence-corrected chi connectivity index (χ1v) is 6.03. The van der Waals surface area contributed by atoms with Crippen LogP contribution < -0.4 is 5.32 Å². The summed E-state index contributed by atoms with van der Waals surface area (Å²) < 4.78 is 0. The Morgan fingerprint density at radius 2 is 2.16 bits per heavy atom. The molecule has 0 aliphatic carbocycles. The molecule has 0 bridgehead atoms. The van der Waals surface area contributed by atoms with Crippen molar-refractivity contribution in [2.24, 2.45) is 0 Å². The first-order valence-electron chi connectivity index (χ1n) is 5.65. The third-order valence-electron chi connectivity index (χ3n) is 2.61. The molecule has 19 heavy (non-hydrogen) atoms. The lowest BCUT2D eigenvalue weighted by Crippen LogP contribution is -2.03. The minimum absolute atomic E-state index is 0.0347. The summed E-state index contributed by atoms with van der Waals surface area (Å²) in [5.74, 6) is 0. The van der Waals surface area contributed by atoms with Crippen LogP contribution in [0.5, 0.6) is 0 Å². The highest BCUT2D eigenvalue weighted by atomic mass is 35.5. The van der Waals surface area contributed by atoms with Crippen LogP contribution in [0.4, 0.5) is 11.4 Å². The fraction of sp³-hybridized carbons (Fsp3) is 0.154. The Kier molecular flexibility index (Phi) is 3.97. The van der Waals surface area contributed by atoms with Crippen LogP contribution in [-0.2, 0) is 6.54 Å². The number of benzene rings is 1. The van der Waals surface area contributed by atoms with Crippen LogP contribution in [0, 0.1) is 17.0 Å². The summed E-state index contributed by atoms with van der Waals surface area (Å²) in [4.78, 5) is 14.6. The standard InChI is InChI=1S/C13H12ClN3O2/c1-9-2-3-10(7-15-9)8-16-12-5-4-11(14)6-13(12)17(18)19/h2-7,16H,8H2,1H3. The van der Waals surface area contributed by atoms with Gasteiger partial charge in [0.05, 0.1) is 4.92 Å². The van der Waals surface area contributed by atoms with Crippen LogP contribution in [-0.4, -0.2) is 9.91 Å². The predicted octanol–water partition coefficient (Wildman–Crippen LogP) is 3.56. The van der Waals surface area contributed by atoms with Crippen molar-refractivity contribution < 1.29 is 4.92 Å². The first kappa shape index (κ1) is 13.3. The van der Waals surface area contributed by atoms with E-state index in [0.717, 1.165) is 11.3 Å². The van der Waals surface area contributed by atoms with Crippen molar-refractivity contribution in [1.82, 2.24) is 4.98 Å². The lowest BCUT2D eigenvalue weighted by atomic mass is 10.2. The van der Waals surface area contributed by atoms with E-state index < -0.39 is 4.92 Å². The highest BCUT2D eigenvalue weighted by molar-refractivity contribution is 6.30. The molecule has 0 saturated heterocycles. The minimum atomic E-state index is -0.457. The van der Waals surface area contributed by atoms with Gasteiger partial charge < -0.3 is 5.32 Å². The summed E-state index contributed by atoms with van der Waals surface area (Å²) in [7, 11) is 0. The van der Waals surface area contributed by atoms with Crippen molar-refractivity contribution in [3.63, 3.8) is 0 Å². The summed E-state index contributed by atoms with van der Waals surface area (Å²) >= 11 is 5.75. The maximum atomic E-state index is 10.9. The third-order valence-corrected chi connectivity index (χ3v) is 2.85. The molecule has 1 aromatic carbocycles. The van der Waals surface area contributed by atoms with E-state index in [-0.39, 0.29) is 5.69 Å². The predicted molar refractivity (Wildman–Crippen MR) is 74.4 cm³/mol. The fourth-order valence-electron chi connectivity index (χ4n) is 1.61. The van der Waals surface area contributed by atoms with E-state index in [1.54, 1.807) is 18.3 Å². The number of nitro groups is 1. The molecule has 2 rings (SSSR count). The zero-order valence-electron chi connectivity index (χ0n) is 10.3. The van der Waals surface area contributed by atoms with E-state index in [9.17, 15) is 10.1 Å². The largest absolute Gasteiger partial charge is 0.375 e. The van der Waals surface area contributed by atoms with E-state index in [1.807, 2.05) is 19.1 Å². The van der Waals surface area contributed by atoms with Crippen molar-refractivity contribution in [2.45, 2.75) is 13.5 Å². The molecule has 0 aliphatic heterocycles. The third kappa shape index (κ3) is 3.42. The van der Waals surface area contributed by atoms with Gasteiger partial charge in [0.2, 0.25) is 0 Å². The lowest BCUT2D eigenvalue weighted by molar-refractivity contribution is -0.383. The molecule has 1 aromatic heterocycles. The van der Waals surface area contributed by atoms with Gasteiger partial charge in [-0.3, -0.25) is 15.1 Å². The molecule has 0 amide bonds. The van der Waals surface area contributed by atoms with Crippen molar-refractivity contribution in [1.29, 1.82) is 0 Å². The number of hydrogen-bond donors (Lipinski definition) is 1. The van der Waals surface area contributed by atoms with E-state index in [1.165, 1.54) is 6.07 Å². The number of nitrogens with one attached hydrogen (secondary N) is 1. The molecule has 0 atom stereocenters. The van der Waals surface area contributed by atoms with Gasteiger partial charge in [-0.2, -0.15) is 0 Å². The zero-order valence-corrected chi connectivity index (χ0v) is 11.0. The van der Waals surface area contributed by atoms with Gasteiger partial charge in [0.15, 0.2) is 0 Å². The van der Waals surface area contributed by atoms with E-state index in [4.69, 9.17) is 11.6 Å². The van der Waals surface area contributed by atoms with Gasteiger partial charge >= 0.3 is 0 Å². The van der Waals surface area contributed by atoms with E-state index in [0.29, 0.717) is 17.3 Å². The molecule has 1 N–H and O–H groups in total. The van der Waals surface area contributed by atoms with Crippen LogP contribution in [0.25, 0.3) is 0 Å². The molecule has 2 aromatic rings. The number of nitrogens with zero attached hydrogens (tertiary/aromatic N) is 2. The molecular formula is C13H12ClN3O2. The second-order valence-corrected chi connectivity index (χ2v) is 4.52.